The van der Waals surface area contributed by atoms with Gasteiger partial charge in [-0.05, 0) is 53.8 Å². The van der Waals surface area contributed by atoms with Gasteiger partial charge in [0.05, 0.1) is 22.1 Å². The number of amides is 1. The molecule has 1 amide bonds. The van der Waals surface area contributed by atoms with E-state index in [0.29, 0.717) is 33.9 Å². The number of thioether (sulfide) groups is 1. The number of non-ortho nitro benzene ring substituents is 1. The van der Waals surface area contributed by atoms with E-state index < -0.39 is 17.0 Å². The number of hydrogen-bond donors (Lipinski definition) is 0. The van der Waals surface area contributed by atoms with Crippen LogP contribution in [-0.4, -0.2) is 27.2 Å². The topological polar surface area (TPSA) is 129 Å². The Balaban J connectivity index is 1.71. The number of fused-ring (bicyclic) bond motifs is 3. The maximum Gasteiger partial charge on any atom is 0.325 e. The van der Waals surface area contributed by atoms with Crippen LogP contribution in [0.5, 0.6) is 5.88 Å². The van der Waals surface area contributed by atoms with E-state index in [1.807, 2.05) is 0 Å². The molecule has 10 nitrogen and oxygen atoms in total. The Hall–Kier alpha value is -4.25. The standard InChI is InChI=1S/C25H21N5O5S/c1-4-21(31)28-18-8-6-5-7-17(18)22-23(32)26-25(36-3)27-29(22)24(28)20-12-11-19(35-20)16-10-9-15(30(33)34)13-14(16)2/h5-13,24H,4H2,1-3H3. The molecule has 5 rings (SSSR count). The largest absolute Gasteiger partial charge is 0.854 e. The predicted octanol–water partition coefficient (Wildman–Crippen LogP) is 4.01. The molecule has 0 spiro atoms. The Morgan fingerprint density at radius 2 is 1.97 bits per heavy atom. The molecule has 182 valence electrons. The maximum atomic E-state index is 13.3. The van der Waals surface area contributed by atoms with E-state index in [9.17, 15) is 20.0 Å². The molecular formula is C25H21N5O5S. The molecule has 0 fully saturated rings. The third kappa shape index (κ3) is 3.77. The lowest BCUT2D eigenvalue weighted by atomic mass is 10.0. The van der Waals surface area contributed by atoms with E-state index in [1.165, 1.54) is 28.6 Å². The van der Waals surface area contributed by atoms with Crippen LogP contribution in [-0.2, 0) is 4.79 Å². The number of nitro benzene ring substituents is 1. The Morgan fingerprint density at radius 1 is 1.19 bits per heavy atom. The van der Waals surface area contributed by atoms with Crippen molar-refractivity contribution in [2.45, 2.75) is 31.6 Å². The van der Waals surface area contributed by atoms with E-state index in [4.69, 9.17) is 4.42 Å². The minimum atomic E-state index is -0.865. The molecule has 0 radical (unpaired) electrons. The molecular weight excluding hydrogens is 482 g/mol. The fourth-order valence-corrected chi connectivity index (χ4v) is 4.74. The van der Waals surface area contributed by atoms with Crippen LogP contribution in [0.25, 0.3) is 22.6 Å². The highest BCUT2D eigenvalue weighted by atomic mass is 32.2. The summed E-state index contributed by atoms with van der Waals surface area (Å²) in [6, 6.07) is 15.1. The van der Waals surface area contributed by atoms with E-state index in [-0.39, 0.29) is 28.9 Å². The van der Waals surface area contributed by atoms with Crippen molar-refractivity contribution in [2.75, 3.05) is 11.2 Å². The van der Waals surface area contributed by atoms with Crippen molar-refractivity contribution in [3.63, 3.8) is 0 Å². The molecule has 0 aliphatic carbocycles. The second-order valence-electron chi connectivity index (χ2n) is 8.16. The first-order valence-corrected chi connectivity index (χ1v) is 12.4. The van der Waals surface area contributed by atoms with Gasteiger partial charge in [-0.2, -0.15) is 0 Å². The van der Waals surface area contributed by atoms with Gasteiger partial charge in [0.15, 0.2) is 5.76 Å². The summed E-state index contributed by atoms with van der Waals surface area (Å²) in [6.07, 6.45) is 1.13. The van der Waals surface area contributed by atoms with E-state index >= 15 is 0 Å². The van der Waals surface area contributed by atoms with Gasteiger partial charge in [-0.15, -0.1) is 0 Å². The zero-order valence-corrected chi connectivity index (χ0v) is 20.5. The van der Waals surface area contributed by atoms with Crippen LogP contribution in [0.4, 0.5) is 11.4 Å². The molecule has 11 heteroatoms. The van der Waals surface area contributed by atoms with Gasteiger partial charge >= 0.3 is 6.17 Å². The average Bonchev–Trinajstić information content (AvgIpc) is 3.36. The zero-order chi connectivity index (χ0) is 25.6. The van der Waals surface area contributed by atoms with E-state index in [2.05, 4.69) is 10.1 Å². The number of hydrogen-bond acceptors (Lipinski definition) is 8. The lowest BCUT2D eigenvalue weighted by molar-refractivity contribution is -0.765. The lowest BCUT2D eigenvalue weighted by Crippen LogP contribution is -2.59. The second-order valence-corrected chi connectivity index (χ2v) is 8.94. The van der Waals surface area contributed by atoms with Crippen molar-refractivity contribution >= 4 is 29.0 Å². The van der Waals surface area contributed by atoms with Gasteiger partial charge in [-0.25, -0.2) is 9.88 Å². The van der Waals surface area contributed by atoms with Gasteiger partial charge in [0.2, 0.25) is 5.91 Å². The number of furan rings is 1. The summed E-state index contributed by atoms with van der Waals surface area (Å²) in [7, 11) is 0. The molecule has 2 aromatic heterocycles. The van der Waals surface area contributed by atoms with Crippen molar-refractivity contribution in [3.05, 3.63) is 76.0 Å². The third-order valence-electron chi connectivity index (χ3n) is 6.04. The third-order valence-corrected chi connectivity index (χ3v) is 6.58. The van der Waals surface area contributed by atoms with Crippen LogP contribution < -0.4 is 14.7 Å². The number of carbonyl (C=O) groups is 1. The van der Waals surface area contributed by atoms with Crippen molar-refractivity contribution in [2.24, 2.45) is 0 Å². The first kappa shape index (κ1) is 23.5. The highest BCUT2D eigenvalue weighted by Gasteiger charge is 2.46. The molecule has 3 heterocycles. The number of rotatable bonds is 5. The number of benzene rings is 2. The molecule has 0 saturated carbocycles. The SMILES string of the molecule is CCC(=O)N1c2ccccc2-c2c([O-])nc(SC)n[n+]2C1c1ccc(-c2ccc([N+](=O)[O-])cc2C)o1. The summed E-state index contributed by atoms with van der Waals surface area (Å²) >= 11 is 1.23. The summed E-state index contributed by atoms with van der Waals surface area (Å²) < 4.78 is 7.75. The summed E-state index contributed by atoms with van der Waals surface area (Å²) in [4.78, 5) is 29.6. The molecule has 36 heavy (non-hydrogen) atoms. The first-order valence-electron chi connectivity index (χ1n) is 11.2. The predicted molar refractivity (Wildman–Crippen MR) is 130 cm³/mol. The van der Waals surface area contributed by atoms with Crippen LogP contribution in [0, 0.1) is 17.0 Å². The first-order chi connectivity index (χ1) is 17.3. The normalized spacial score (nSPS) is 14.3. The van der Waals surface area contributed by atoms with Gasteiger partial charge in [0, 0.05) is 29.2 Å². The monoisotopic (exact) mass is 503 g/mol. The summed E-state index contributed by atoms with van der Waals surface area (Å²) in [5, 5.41) is 29.1. The van der Waals surface area contributed by atoms with Crippen molar-refractivity contribution in [3.8, 4) is 28.5 Å². The molecule has 4 aromatic rings. The number of nitrogens with zero attached hydrogens (tertiary/aromatic N) is 5. The maximum absolute atomic E-state index is 13.3. The summed E-state index contributed by atoms with van der Waals surface area (Å²) in [6.45, 7) is 3.53. The Bertz CT molecular complexity index is 1520. The van der Waals surface area contributed by atoms with Crippen LogP contribution in [0.2, 0.25) is 0 Å². The van der Waals surface area contributed by atoms with Gasteiger partial charge in [0.1, 0.15) is 5.76 Å². The van der Waals surface area contributed by atoms with Gasteiger partial charge < -0.3 is 9.52 Å². The second kappa shape index (κ2) is 9.08. The highest BCUT2D eigenvalue weighted by Crippen LogP contribution is 2.42. The summed E-state index contributed by atoms with van der Waals surface area (Å²) in [5.41, 5.74) is 2.72. The quantitative estimate of drug-likeness (QED) is 0.173. The van der Waals surface area contributed by atoms with Crippen molar-refractivity contribution in [1.82, 2.24) is 10.1 Å². The number of para-hydroxylation sites is 1. The fourth-order valence-electron chi connectivity index (χ4n) is 4.39. The molecule has 2 aromatic carbocycles. The smallest absolute Gasteiger partial charge is 0.325 e. The Morgan fingerprint density at radius 3 is 2.67 bits per heavy atom. The number of carbonyl (C=O) groups excluding carboxylic acids is 1. The fraction of sp³-hybridized carbons (Fsp3) is 0.200. The van der Waals surface area contributed by atoms with Crippen molar-refractivity contribution in [1.29, 1.82) is 0 Å². The van der Waals surface area contributed by atoms with Gasteiger partial charge in [-0.3, -0.25) is 14.9 Å². The molecule has 0 bridgehead atoms. The molecule has 1 unspecified atom stereocenters. The summed E-state index contributed by atoms with van der Waals surface area (Å²) in [5.74, 6) is 0.236. The number of nitro groups is 1. The lowest BCUT2D eigenvalue weighted by Gasteiger charge is -2.32. The highest BCUT2D eigenvalue weighted by molar-refractivity contribution is 7.98. The van der Waals surface area contributed by atoms with Gasteiger partial charge in [0.25, 0.3) is 16.5 Å². The van der Waals surface area contributed by atoms with E-state index in [1.54, 1.807) is 67.5 Å². The molecule has 1 atom stereocenters. The minimum Gasteiger partial charge on any atom is -0.854 e. The van der Waals surface area contributed by atoms with Crippen LogP contribution in [0.3, 0.4) is 0 Å². The number of aromatic nitrogens is 3. The van der Waals surface area contributed by atoms with Gasteiger partial charge in [-0.1, -0.05) is 30.8 Å². The van der Waals surface area contributed by atoms with E-state index in [0.717, 1.165) is 0 Å². The average molecular weight is 504 g/mol. The zero-order valence-electron chi connectivity index (χ0n) is 19.7. The Kier molecular flexibility index (Phi) is 5.92. The minimum absolute atomic E-state index is 0.0135. The molecule has 1 aliphatic rings. The van der Waals surface area contributed by atoms with Crippen LogP contribution >= 0.6 is 11.8 Å². The number of aryl methyl sites for hydroxylation is 1. The molecule has 0 saturated heterocycles. The molecule has 0 N–H and O–H groups in total. The number of anilines is 1. The van der Waals surface area contributed by atoms with Crippen molar-refractivity contribution < 1.29 is 23.9 Å². The Labute approximate surface area is 210 Å². The van der Waals surface area contributed by atoms with Crippen LogP contribution in [0.15, 0.2) is 64.2 Å². The molecule has 1 aliphatic heterocycles. The van der Waals surface area contributed by atoms with Crippen LogP contribution in [0.1, 0.15) is 30.8 Å².